The second-order valence-corrected chi connectivity index (χ2v) is 4.73. The van der Waals surface area contributed by atoms with Crippen LogP contribution < -0.4 is 11.3 Å². The zero-order chi connectivity index (χ0) is 14.1. The number of nitrogens with zero attached hydrogens (tertiary/aromatic N) is 1. The summed E-state index contributed by atoms with van der Waals surface area (Å²) in [4.78, 5) is 11.4. The molecule has 0 aliphatic carbocycles. The number of aromatic nitrogens is 1. The molecule has 0 bridgehead atoms. The van der Waals surface area contributed by atoms with Gasteiger partial charge in [-0.25, -0.2) is 5.84 Å². The lowest BCUT2D eigenvalue weighted by Gasteiger charge is -2.03. The Labute approximate surface area is 115 Å². The molecule has 3 rings (SSSR count). The smallest absolute Gasteiger partial charge is 0.268 e. The highest BCUT2D eigenvalue weighted by molar-refractivity contribution is 5.93. The molecule has 0 fully saturated rings. The van der Waals surface area contributed by atoms with Crippen LogP contribution in [0.25, 0.3) is 10.9 Å². The third-order valence-corrected chi connectivity index (χ3v) is 3.40. The first-order valence-corrected chi connectivity index (χ1v) is 6.32. The van der Waals surface area contributed by atoms with Gasteiger partial charge in [-0.2, -0.15) is 0 Å². The Morgan fingerprint density at radius 3 is 3.05 bits per heavy atom. The van der Waals surface area contributed by atoms with E-state index in [1.807, 2.05) is 12.3 Å². The van der Waals surface area contributed by atoms with Crippen LogP contribution in [0.3, 0.4) is 0 Å². The van der Waals surface area contributed by atoms with Gasteiger partial charge in [0, 0.05) is 17.1 Å². The number of hydrazine groups is 1. The minimum absolute atomic E-state index is 0.354. The van der Waals surface area contributed by atoms with Gasteiger partial charge in [0.25, 0.3) is 5.91 Å². The maximum Gasteiger partial charge on any atom is 0.268 e. The summed E-state index contributed by atoms with van der Waals surface area (Å²) in [6, 6.07) is 9.97. The molecular formula is C15H15N3O2. The van der Waals surface area contributed by atoms with Crippen molar-refractivity contribution < 1.29 is 9.21 Å². The standard InChI is InChI=1S/C15H15N3O2/c1-10-3-2-4-14-13(10)5-6-18(14)8-12-7-11(9-20-12)15(19)17-16/h2-7,9H,8,16H2,1H3,(H,17,19). The number of hydrogen-bond donors (Lipinski definition) is 2. The molecule has 0 aliphatic heterocycles. The van der Waals surface area contributed by atoms with Crippen molar-refractivity contribution in [3.05, 3.63) is 59.7 Å². The summed E-state index contributed by atoms with van der Waals surface area (Å²) in [7, 11) is 0. The zero-order valence-corrected chi connectivity index (χ0v) is 11.1. The van der Waals surface area contributed by atoms with Crippen LogP contribution in [0.4, 0.5) is 0 Å². The summed E-state index contributed by atoms with van der Waals surface area (Å²) in [5.41, 5.74) is 4.90. The molecule has 0 spiro atoms. The number of nitrogens with two attached hydrogens (primary N) is 1. The molecular weight excluding hydrogens is 254 g/mol. The molecule has 0 aliphatic rings. The highest BCUT2D eigenvalue weighted by Crippen LogP contribution is 2.21. The molecule has 1 amide bonds. The average molecular weight is 269 g/mol. The van der Waals surface area contributed by atoms with Crippen molar-refractivity contribution in [1.29, 1.82) is 0 Å². The maximum absolute atomic E-state index is 11.4. The van der Waals surface area contributed by atoms with Crippen molar-refractivity contribution in [2.45, 2.75) is 13.5 Å². The highest BCUT2D eigenvalue weighted by atomic mass is 16.3. The number of aryl methyl sites for hydroxylation is 1. The Morgan fingerprint density at radius 1 is 1.40 bits per heavy atom. The van der Waals surface area contributed by atoms with Gasteiger partial charge in [0.05, 0.1) is 12.1 Å². The van der Waals surface area contributed by atoms with Crippen LogP contribution in [0.1, 0.15) is 21.7 Å². The molecule has 1 aromatic carbocycles. The Bertz CT molecular complexity index is 770. The van der Waals surface area contributed by atoms with Gasteiger partial charge in [0.1, 0.15) is 12.0 Å². The van der Waals surface area contributed by atoms with Gasteiger partial charge in [0.2, 0.25) is 0 Å². The largest absolute Gasteiger partial charge is 0.467 e. The first-order chi connectivity index (χ1) is 9.69. The monoisotopic (exact) mass is 269 g/mol. The number of nitrogens with one attached hydrogen (secondary N) is 1. The average Bonchev–Trinajstić information content (AvgIpc) is 3.07. The van der Waals surface area contributed by atoms with Crippen molar-refractivity contribution in [2.75, 3.05) is 0 Å². The van der Waals surface area contributed by atoms with Crippen LogP contribution in [-0.2, 0) is 6.54 Å². The van der Waals surface area contributed by atoms with Gasteiger partial charge in [-0.05, 0) is 30.7 Å². The quantitative estimate of drug-likeness (QED) is 0.435. The fourth-order valence-corrected chi connectivity index (χ4v) is 2.35. The van der Waals surface area contributed by atoms with E-state index in [1.165, 1.54) is 17.2 Å². The minimum Gasteiger partial charge on any atom is -0.467 e. The predicted octanol–water partition coefficient (Wildman–Crippen LogP) is 2.19. The molecule has 0 unspecified atom stereocenters. The first-order valence-electron chi connectivity index (χ1n) is 6.32. The van der Waals surface area contributed by atoms with E-state index in [9.17, 15) is 4.79 Å². The van der Waals surface area contributed by atoms with Crippen LogP contribution in [0.15, 0.2) is 47.2 Å². The zero-order valence-electron chi connectivity index (χ0n) is 11.1. The number of hydrogen-bond acceptors (Lipinski definition) is 3. The molecule has 2 aromatic heterocycles. The molecule has 2 heterocycles. The maximum atomic E-state index is 11.4. The summed E-state index contributed by atoms with van der Waals surface area (Å²) in [5.74, 6) is 5.45. The normalized spacial score (nSPS) is 10.9. The van der Waals surface area contributed by atoms with Crippen molar-refractivity contribution >= 4 is 16.8 Å². The molecule has 3 aromatic rings. The summed E-state index contributed by atoms with van der Waals surface area (Å²) in [5, 5.41) is 1.22. The fraction of sp³-hybridized carbons (Fsp3) is 0.133. The minimum atomic E-state index is -0.354. The van der Waals surface area contributed by atoms with Gasteiger partial charge in [-0.3, -0.25) is 10.2 Å². The fourth-order valence-electron chi connectivity index (χ4n) is 2.35. The molecule has 102 valence electrons. The number of carbonyl (C=O) groups is 1. The number of carbonyl (C=O) groups excluding carboxylic acids is 1. The Balaban J connectivity index is 1.92. The third kappa shape index (κ3) is 2.08. The second kappa shape index (κ2) is 4.86. The van der Waals surface area contributed by atoms with E-state index in [4.69, 9.17) is 10.3 Å². The molecule has 0 saturated heterocycles. The molecule has 0 atom stereocenters. The number of furan rings is 1. The summed E-state index contributed by atoms with van der Waals surface area (Å²) in [6.45, 7) is 2.66. The number of fused-ring (bicyclic) bond motifs is 1. The van der Waals surface area contributed by atoms with Gasteiger partial charge in [-0.15, -0.1) is 0 Å². The molecule has 0 radical (unpaired) electrons. The summed E-state index contributed by atoms with van der Waals surface area (Å²) >= 11 is 0. The van der Waals surface area contributed by atoms with E-state index in [1.54, 1.807) is 6.07 Å². The lowest BCUT2D eigenvalue weighted by Crippen LogP contribution is -2.29. The van der Waals surface area contributed by atoms with Gasteiger partial charge < -0.3 is 8.98 Å². The number of benzene rings is 1. The van der Waals surface area contributed by atoms with Crippen molar-refractivity contribution in [2.24, 2.45) is 5.84 Å². The number of rotatable bonds is 3. The van der Waals surface area contributed by atoms with Crippen molar-refractivity contribution in [3.8, 4) is 0 Å². The van der Waals surface area contributed by atoms with E-state index in [2.05, 4.69) is 35.1 Å². The van der Waals surface area contributed by atoms with Crippen LogP contribution in [0.5, 0.6) is 0 Å². The third-order valence-electron chi connectivity index (χ3n) is 3.40. The predicted molar refractivity (Wildman–Crippen MR) is 76.1 cm³/mol. The van der Waals surface area contributed by atoms with E-state index >= 15 is 0 Å². The molecule has 3 N–H and O–H groups in total. The van der Waals surface area contributed by atoms with Gasteiger partial charge in [-0.1, -0.05) is 12.1 Å². The Kier molecular flexibility index (Phi) is 3.04. The van der Waals surface area contributed by atoms with E-state index in [-0.39, 0.29) is 5.91 Å². The Morgan fingerprint density at radius 2 is 2.25 bits per heavy atom. The van der Waals surface area contributed by atoms with E-state index < -0.39 is 0 Å². The highest BCUT2D eigenvalue weighted by Gasteiger charge is 2.10. The molecule has 5 heteroatoms. The summed E-state index contributed by atoms with van der Waals surface area (Å²) < 4.78 is 7.49. The van der Waals surface area contributed by atoms with Crippen molar-refractivity contribution in [1.82, 2.24) is 9.99 Å². The van der Waals surface area contributed by atoms with E-state index in [0.717, 1.165) is 5.52 Å². The van der Waals surface area contributed by atoms with Gasteiger partial charge in [0.15, 0.2) is 0 Å². The van der Waals surface area contributed by atoms with Crippen molar-refractivity contribution in [3.63, 3.8) is 0 Å². The molecule has 20 heavy (non-hydrogen) atoms. The van der Waals surface area contributed by atoms with Crippen LogP contribution in [-0.4, -0.2) is 10.5 Å². The second-order valence-electron chi connectivity index (χ2n) is 4.73. The van der Waals surface area contributed by atoms with Crippen LogP contribution in [0, 0.1) is 6.92 Å². The molecule has 5 nitrogen and oxygen atoms in total. The Hall–Kier alpha value is -2.53. The number of amides is 1. The topological polar surface area (TPSA) is 73.2 Å². The van der Waals surface area contributed by atoms with E-state index in [0.29, 0.717) is 17.9 Å². The lowest BCUT2D eigenvalue weighted by atomic mass is 10.1. The van der Waals surface area contributed by atoms with Gasteiger partial charge >= 0.3 is 0 Å². The van der Waals surface area contributed by atoms with Crippen LogP contribution in [0.2, 0.25) is 0 Å². The number of nitrogen functional groups attached to an aromatic ring is 1. The van der Waals surface area contributed by atoms with Crippen LogP contribution >= 0.6 is 0 Å². The SMILES string of the molecule is Cc1cccc2c1ccn2Cc1cc(C(=O)NN)co1. The summed E-state index contributed by atoms with van der Waals surface area (Å²) in [6.07, 6.45) is 3.43. The lowest BCUT2D eigenvalue weighted by molar-refractivity contribution is 0.0953. The molecule has 0 saturated carbocycles. The first kappa shape index (κ1) is 12.5.